The average Bonchev–Trinajstić information content (AvgIpc) is 2.84. The average molecular weight is 248 g/mol. The molecule has 0 amide bonds. The van der Waals surface area contributed by atoms with Crippen LogP contribution < -0.4 is 10.2 Å². The molecule has 2 aliphatic heterocycles. The fourth-order valence-corrected chi connectivity index (χ4v) is 2.94. The number of likely N-dealkylation sites (tertiary alicyclic amines) is 1. The first-order valence-electron chi connectivity index (χ1n) is 6.44. The molecule has 2 aliphatic rings. The third-order valence-corrected chi connectivity index (χ3v) is 4.09. The van der Waals surface area contributed by atoms with Crippen LogP contribution >= 0.6 is 0 Å². The molecule has 0 aromatic heterocycles. The summed E-state index contributed by atoms with van der Waals surface area (Å²) in [5.74, 6) is 1.52. The van der Waals surface area contributed by atoms with Crippen LogP contribution in [0.3, 0.4) is 0 Å². The van der Waals surface area contributed by atoms with E-state index in [-0.39, 0.29) is 5.54 Å². The Balaban J connectivity index is 1.64. The summed E-state index contributed by atoms with van der Waals surface area (Å²) in [5.41, 5.74) is 4.63. The van der Waals surface area contributed by atoms with Crippen LogP contribution in [0.15, 0.2) is 24.3 Å². The second-order valence-electron chi connectivity index (χ2n) is 5.55. The van der Waals surface area contributed by atoms with E-state index in [1.807, 2.05) is 12.1 Å². The lowest BCUT2D eigenvalue weighted by Gasteiger charge is -2.22. The van der Waals surface area contributed by atoms with Crippen LogP contribution in [0, 0.1) is 5.92 Å². The minimum absolute atomic E-state index is 0.131. The van der Waals surface area contributed by atoms with E-state index in [2.05, 4.69) is 29.4 Å². The molecule has 0 aliphatic carbocycles. The summed E-state index contributed by atoms with van der Waals surface area (Å²) in [6, 6.07) is 8.32. The van der Waals surface area contributed by atoms with Crippen LogP contribution in [-0.2, 0) is 11.4 Å². The Bertz CT molecular complexity index is 420. The Morgan fingerprint density at radius 3 is 2.89 bits per heavy atom. The monoisotopic (exact) mass is 248 g/mol. The summed E-state index contributed by atoms with van der Waals surface area (Å²) in [6.45, 7) is 6.23. The standard InChI is InChI=1S/C14H20N2O2/c1-14-10-16(8-12(14)9-18-15-14)7-11-3-5-13(17-2)6-4-11/h3-6,12,15H,7-10H2,1-2H3. The number of benzene rings is 1. The third kappa shape index (κ3) is 2.11. The van der Waals surface area contributed by atoms with E-state index in [1.165, 1.54) is 5.56 Å². The summed E-state index contributed by atoms with van der Waals surface area (Å²) in [6.07, 6.45) is 0. The smallest absolute Gasteiger partial charge is 0.118 e. The summed E-state index contributed by atoms with van der Waals surface area (Å²) in [7, 11) is 1.70. The van der Waals surface area contributed by atoms with E-state index in [9.17, 15) is 0 Å². The first kappa shape index (κ1) is 12.0. The predicted molar refractivity (Wildman–Crippen MR) is 69.3 cm³/mol. The van der Waals surface area contributed by atoms with Crippen molar-refractivity contribution in [2.24, 2.45) is 5.92 Å². The highest BCUT2D eigenvalue weighted by molar-refractivity contribution is 5.27. The van der Waals surface area contributed by atoms with Crippen molar-refractivity contribution in [2.75, 3.05) is 26.8 Å². The highest BCUT2D eigenvalue weighted by Crippen LogP contribution is 2.32. The van der Waals surface area contributed by atoms with Gasteiger partial charge in [-0.15, -0.1) is 0 Å². The molecule has 0 radical (unpaired) electrons. The van der Waals surface area contributed by atoms with E-state index in [0.717, 1.165) is 32.0 Å². The molecule has 2 heterocycles. The van der Waals surface area contributed by atoms with Gasteiger partial charge in [-0.05, 0) is 24.6 Å². The maximum absolute atomic E-state index is 5.35. The van der Waals surface area contributed by atoms with E-state index in [0.29, 0.717) is 5.92 Å². The van der Waals surface area contributed by atoms with Gasteiger partial charge in [0.25, 0.3) is 0 Å². The lowest BCUT2D eigenvalue weighted by molar-refractivity contribution is 0.0522. The fourth-order valence-electron chi connectivity index (χ4n) is 2.94. The zero-order chi connectivity index (χ0) is 12.6. The van der Waals surface area contributed by atoms with Gasteiger partial charge >= 0.3 is 0 Å². The molecule has 2 saturated heterocycles. The highest BCUT2D eigenvalue weighted by Gasteiger charge is 2.47. The molecule has 0 spiro atoms. The van der Waals surface area contributed by atoms with Gasteiger partial charge in [-0.25, -0.2) is 0 Å². The van der Waals surface area contributed by atoms with Gasteiger partial charge < -0.3 is 9.57 Å². The number of hydroxylamine groups is 1. The predicted octanol–water partition coefficient (Wildman–Crippen LogP) is 1.42. The fraction of sp³-hybridized carbons (Fsp3) is 0.571. The summed E-state index contributed by atoms with van der Waals surface area (Å²) >= 11 is 0. The number of methoxy groups -OCH3 is 1. The third-order valence-electron chi connectivity index (χ3n) is 4.09. The minimum Gasteiger partial charge on any atom is -0.497 e. The van der Waals surface area contributed by atoms with Crippen LogP contribution in [0.4, 0.5) is 0 Å². The minimum atomic E-state index is 0.131. The zero-order valence-corrected chi connectivity index (χ0v) is 11.0. The topological polar surface area (TPSA) is 33.7 Å². The molecule has 1 N–H and O–H groups in total. The molecule has 2 atom stereocenters. The Morgan fingerprint density at radius 1 is 1.44 bits per heavy atom. The molecule has 4 heteroatoms. The molecular weight excluding hydrogens is 228 g/mol. The summed E-state index contributed by atoms with van der Waals surface area (Å²) in [5, 5.41) is 0. The number of fused-ring (bicyclic) bond motifs is 1. The molecule has 0 bridgehead atoms. The summed E-state index contributed by atoms with van der Waals surface area (Å²) < 4.78 is 5.18. The van der Waals surface area contributed by atoms with Crippen LogP contribution in [0.1, 0.15) is 12.5 Å². The lowest BCUT2D eigenvalue weighted by atomic mass is 9.92. The van der Waals surface area contributed by atoms with Crippen molar-refractivity contribution in [2.45, 2.75) is 19.0 Å². The van der Waals surface area contributed by atoms with Crippen LogP contribution in [-0.4, -0.2) is 37.2 Å². The van der Waals surface area contributed by atoms with Crippen molar-refractivity contribution >= 4 is 0 Å². The van der Waals surface area contributed by atoms with Gasteiger partial charge in [-0.3, -0.25) is 4.90 Å². The Labute approximate surface area is 108 Å². The second kappa shape index (κ2) is 4.53. The van der Waals surface area contributed by atoms with E-state index >= 15 is 0 Å². The van der Waals surface area contributed by atoms with Gasteiger partial charge in [0.05, 0.1) is 19.3 Å². The van der Waals surface area contributed by atoms with Crippen molar-refractivity contribution < 1.29 is 9.57 Å². The van der Waals surface area contributed by atoms with Crippen molar-refractivity contribution in [3.63, 3.8) is 0 Å². The molecule has 0 saturated carbocycles. The van der Waals surface area contributed by atoms with Gasteiger partial charge in [0.1, 0.15) is 5.75 Å². The molecule has 98 valence electrons. The molecule has 2 unspecified atom stereocenters. The molecule has 1 aromatic rings. The number of rotatable bonds is 3. The van der Waals surface area contributed by atoms with Gasteiger partial charge in [-0.2, -0.15) is 5.48 Å². The number of nitrogens with one attached hydrogen (secondary N) is 1. The van der Waals surface area contributed by atoms with Crippen molar-refractivity contribution in [3.05, 3.63) is 29.8 Å². The van der Waals surface area contributed by atoms with Crippen LogP contribution in [0.5, 0.6) is 5.75 Å². The largest absolute Gasteiger partial charge is 0.497 e. The Kier molecular flexibility index (Phi) is 3.01. The number of hydrogen-bond donors (Lipinski definition) is 1. The van der Waals surface area contributed by atoms with E-state index in [1.54, 1.807) is 7.11 Å². The Hall–Kier alpha value is -1.10. The lowest BCUT2D eigenvalue weighted by Crippen LogP contribution is -2.42. The Morgan fingerprint density at radius 2 is 2.22 bits per heavy atom. The van der Waals surface area contributed by atoms with Gasteiger partial charge in [0.15, 0.2) is 0 Å². The molecule has 1 aromatic carbocycles. The summed E-state index contributed by atoms with van der Waals surface area (Å²) in [4.78, 5) is 7.84. The maximum Gasteiger partial charge on any atom is 0.118 e. The zero-order valence-electron chi connectivity index (χ0n) is 11.0. The van der Waals surface area contributed by atoms with Crippen molar-refractivity contribution in [1.29, 1.82) is 0 Å². The first-order valence-corrected chi connectivity index (χ1v) is 6.44. The normalized spacial score (nSPS) is 31.6. The number of nitrogens with zero attached hydrogens (tertiary/aromatic N) is 1. The SMILES string of the molecule is COc1ccc(CN2CC3CONC3(C)C2)cc1. The van der Waals surface area contributed by atoms with Crippen LogP contribution in [0.2, 0.25) is 0 Å². The van der Waals surface area contributed by atoms with Gasteiger partial charge in [0, 0.05) is 25.6 Å². The van der Waals surface area contributed by atoms with E-state index < -0.39 is 0 Å². The van der Waals surface area contributed by atoms with Crippen molar-refractivity contribution in [1.82, 2.24) is 10.4 Å². The quantitative estimate of drug-likeness (QED) is 0.877. The molecule has 18 heavy (non-hydrogen) atoms. The molecule has 4 nitrogen and oxygen atoms in total. The number of hydrogen-bond acceptors (Lipinski definition) is 4. The molecule has 2 fully saturated rings. The first-order chi connectivity index (χ1) is 8.69. The number of ether oxygens (including phenoxy) is 1. The molecule has 3 rings (SSSR count). The van der Waals surface area contributed by atoms with Crippen molar-refractivity contribution in [3.8, 4) is 5.75 Å². The molecular formula is C14H20N2O2. The van der Waals surface area contributed by atoms with Crippen LogP contribution in [0.25, 0.3) is 0 Å². The van der Waals surface area contributed by atoms with Gasteiger partial charge in [0.2, 0.25) is 0 Å². The second-order valence-corrected chi connectivity index (χ2v) is 5.55. The highest BCUT2D eigenvalue weighted by atomic mass is 16.7. The van der Waals surface area contributed by atoms with E-state index in [4.69, 9.17) is 9.57 Å². The maximum atomic E-state index is 5.35. The van der Waals surface area contributed by atoms with Gasteiger partial charge in [-0.1, -0.05) is 12.1 Å².